The SMILES string of the molecule is CC#Cc1ccc(-c2nnc(NC3CCCN(CC(=O)O)C3)c3ccccc23)c(O)c1. The minimum absolute atomic E-state index is 0.0429. The zero-order valence-electron chi connectivity index (χ0n) is 17.3. The van der Waals surface area contributed by atoms with E-state index in [1.807, 2.05) is 41.3 Å². The zero-order valence-corrected chi connectivity index (χ0v) is 17.3. The topological polar surface area (TPSA) is 98.6 Å². The van der Waals surface area contributed by atoms with Crippen LogP contribution in [0.4, 0.5) is 5.82 Å². The molecule has 1 saturated heterocycles. The van der Waals surface area contributed by atoms with Gasteiger partial charge >= 0.3 is 5.97 Å². The van der Waals surface area contributed by atoms with Gasteiger partial charge in [-0.3, -0.25) is 9.69 Å². The third-order valence-corrected chi connectivity index (χ3v) is 5.41. The van der Waals surface area contributed by atoms with Crippen molar-refractivity contribution in [3.8, 4) is 28.8 Å². The van der Waals surface area contributed by atoms with Crippen LogP contribution in [0.5, 0.6) is 5.75 Å². The summed E-state index contributed by atoms with van der Waals surface area (Å²) in [4.78, 5) is 13.0. The number of phenolic OH excluding ortho intramolecular Hbond substituents is 1. The van der Waals surface area contributed by atoms with E-state index in [-0.39, 0.29) is 18.3 Å². The number of hydrogen-bond acceptors (Lipinski definition) is 6. The average molecular weight is 416 g/mol. The molecule has 0 saturated carbocycles. The van der Waals surface area contributed by atoms with Gasteiger partial charge in [0.2, 0.25) is 0 Å². The molecule has 0 bridgehead atoms. The molecule has 2 aromatic carbocycles. The van der Waals surface area contributed by atoms with Crippen LogP contribution in [0.1, 0.15) is 25.3 Å². The first-order valence-corrected chi connectivity index (χ1v) is 10.3. The molecule has 158 valence electrons. The van der Waals surface area contributed by atoms with E-state index in [1.165, 1.54) is 0 Å². The highest BCUT2D eigenvalue weighted by atomic mass is 16.4. The Kier molecular flexibility index (Phi) is 6.01. The van der Waals surface area contributed by atoms with Crippen LogP contribution in [0.15, 0.2) is 42.5 Å². The fourth-order valence-electron chi connectivity index (χ4n) is 4.06. The lowest BCUT2D eigenvalue weighted by Gasteiger charge is -2.32. The summed E-state index contributed by atoms with van der Waals surface area (Å²) in [6.07, 6.45) is 1.86. The quantitative estimate of drug-likeness (QED) is 0.549. The number of aliphatic carboxylic acids is 1. The molecule has 0 radical (unpaired) electrons. The van der Waals surface area contributed by atoms with Gasteiger partial charge < -0.3 is 15.5 Å². The second-order valence-corrected chi connectivity index (χ2v) is 7.66. The van der Waals surface area contributed by atoms with Crippen molar-refractivity contribution in [2.24, 2.45) is 0 Å². The lowest BCUT2D eigenvalue weighted by atomic mass is 10.0. The van der Waals surface area contributed by atoms with Crippen LogP contribution >= 0.6 is 0 Å². The van der Waals surface area contributed by atoms with Crippen molar-refractivity contribution < 1.29 is 15.0 Å². The Bertz CT molecular complexity index is 1180. The molecule has 1 unspecified atom stereocenters. The van der Waals surface area contributed by atoms with Gasteiger partial charge in [0, 0.05) is 34.5 Å². The first-order valence-electron chi connectivity index (χ1n) is 10.3. The van der Waals surface area contributed by atoms with E-state index in [1.54, 1.807) is 13.0 Å². The average Bonchev–Trinajstić information content (AvgIpc) is 2.75. The molecule has 1 aliphatic heterocycles. The Morgan fingerprint density at radius 1 is 1.23 bits per heavy atom. The molecule has 7 heteroatoms. The van der Waals surface area contributed by atoms with Gasteiger partial charge in [0.25, 0.3) is 0 Å². The lowest BCUT2D eigenvalue weighted by Crippen LogP contribution is -2.44. The van der Waals surface area contributed by atoms with Crippen molar-refractivity contribution in [2.75, 3.05) is 25.0 Å². The summed E-state index contributed by atoms with van der Waals surface area (Å²) < 4.78 is 0. The van der Waals surface area contributed by atoms with E-state index in [4.69, 9.17) is 5.11 Å². The highest BCUT2D eigenvalue weighted by molar-refractivity contribution is 6.01. The Labute approximate surface area is 180 Å². The first-order chi connectivity index (χ1) is 15.0. The molecule has 3 aromatic rings. The molecule has 1 aliphatic rings. The van der Waals surface area contributed by atoms with Crippen LogP contribution in [0.25, 0.3) is 22.0 Å². The Morgan fingerprint density at radius 2 is 2.03 bits per heavy atom. The minimum atomic E-state index is -0.814. The largest absolute Gasteiger partial charge is 0.507 e. The number of carboxylic acids is 1. The molecule has 0 amide bonds. The molecule has 31 heavy (non-hydrogen) atoms. The van der Waals surface area contributed by atoms with Crippen LogP contribution in [0.2, 0.25) is 0 Å². The van der Waals surface area contributed by atoms with E-state index < -0.39 is 5.97 Å². The lowest BCUT2D eigenvalue weighted by molar-refractivity contribution is -0.138. The number of piperidine rings is 1. The van der Waals surface area contributed by atoms with E-state index in [0.717, 1.165) is 35.7 Å². The molecule has 7 nitrogen and oxygen atoms in total. The summed E-state index contributed by atoms with van der Waals surface area (Å²) in [5.41, 5.74) is 1.94. The first kappa shape index (κ1) is 20.6. The third-order valence-electron chi connectivity index (χ3n) is 5.41. The number of nitrogens with zero attached hydrogens (tertiary/aromatic N) is 3. The Balaban J connectivity index is 1.66. The minimum Gasteiger partial charge on any atom is -0.507 e. The van der Waals surface area contributed by atoms with Gasteiger partial charge in [-0.1, -0.05) is 30.2 Å². The number of benzene rings is 2. The number of fused-ring (bicyclic) bond motifs is 1. The molecule has 2 heterocycles. The zero-order chi connectivity index (χ0) is 21.8. The summed E-state index contributed by atoms with van der Waals surface area (Å²) in [6.45, 7) is 3.22. The van der Waals surface area contributed by atoms with Gasteiger partial charge in [-0.05, 0) is 44.5 Å². The summed E-state index contributed by atoms with van der Waals surface area (Å²) in [6, 6.07) is 13.2. The number of phenols is 1. The van der Waals surface area contributed by atoms with Crippen molar-refractivity contribution in [1.29, 1.82) is 0 Å². The molecule has 4 rings (SSSR count). The molecule has 3 N–H and O–H groups in total. The van der Waals surface area contributed by atoms with Gasteiger partial charge in [0.05, 0.1) is 6.54 Å². The standard InChI is InChI=1S/C24H24N4O3/c1-2-6-16-10-11-20(21(29)13-16)23-18-8-3-4-9-19(18)24(27-26-23)25-17-7-5-12-28(14-17)15-22(30)31/h3-4,8-11,13,17,29H,5,7,12,14-15H2,1H3,(H,25,27)(H,30,31). The van der Waals surface area contributed by atoms with Crippen LogP contribution in [0, 0.1) is 11.8 Å². The van der Waals surface area contributed by atoms with Crippen LogP contribution < -0.4 is 5.32 Å². The second-order valence-electron chi connectivity index (χ2n) is 7.66. The number of nitrogens with one attached hydrogen (secondary N) is 1. The predicted molar refractivity (Wildman–Crippen MR) is 120 cm³/mol. The maximum Gasteiger partial charge on any atom is 0.317 e. The number of rotatable bonds is 5. The van der Waals surface area contributed by atoms with Gasteiger partial charge in [-0.2, -0.15) is 0 Å². The Hall–Kier alpha value is -3.63. The summed E-state index contributed by atoms with van der Waals surface area (Å²) in [7, 11) is 0. The highest BCUT2D eigenvalue weighted by Crippen LogP contribution is 2.35. The fourth-order valence-corrected chi connectivity index (χ4v) is 4.06. The normalized spacial score (nSPS) is 16.5. The van der Waals surface area contributed by atoms with E-state index in [9.17, 15) is 9.90 Å². The number of aromatic hydroxyl groups is 1. The van der Waals surface area contributed by atoms with Crippen LogP contribution in [-0.4, -0.2) is 57.0 Å². The second kappa shape index (κ2) is 9.02. The van der Waals surface area contributed by atoms with E-state index in [0.29, 0.717) is 23.6 Å². The van der Waals surface area contributed by atoms with Crippen LogP contribution in [-0.2, 0) is 4.79 Å². The number of carbonyl (C=O) groups is 1. The smallest absolute Gasteiger partial charge is 0.317 e. The highest BCUT2D eigenvalue weighted by Gasteiger charge is 2.23. The van der Waals surface area contributed by atoms with Crippen molar-refractivity contribution in [1.82, 2.24) is 15.1 Å². The number of hydrogen-bond donors (Lipinski definition) is 3. The maximum absolute atomic E-state index is 11.1. The van der Waals surface area contributed by atoms with Crippen LogP contribution in [0.3, 0.4) is 0 Å². The van der Waals surface area contributed by atoms with E-state index >= 15 is 0 Å². The van der Waals surface area contributed by atoms with Gasteiger partial charge in [0.15, 0.2) is 5.82 Å². The summed E-state index contributed by atoms with van der Waals surface area (Å²) in [5.74, 6) is 5.72. The van der Waals surface area contributed by atoms with Crippen molar-refractivity contribution >= 4 is 22.6 Å². The fraction of sp³-hybridized carbons (Fsp3) is 0.292. The van der Waals surface area contributed by atoms with Crippen molar-refractivity contribution in [2.45, 2.75) is 25.8 Å². The number of likely N-dealkylation sites (tertiary alicyclic amines) is 1. The van der Waals surface area contributed by atoms with Crippen molar-refractivity contribution in [3.63, 3.8) is 0 Å². The molecule has 1 aromatic heterocycles. The number of carboxylic acid groups (broad SMARTS) is 1. The number of aromatic nitrogens is 2. The van der Waals surface area contributed by atoms with Gasteiger partial charge in [-0.15, -0.1) is 16.1 Å². The molecule has 0 aliphatic carbocycles. The third kappa shape index (κ3) is 4.60. The number of anilines is 1. The van der Waals surface area contributed by atoms with Crippen molar-refractivity contribution in [3.05, 3.63) is 48.0 Å². The monoisotopic (exact) mass is 416 g/mol. The Morgan fingerprint density at radius 3 is 2.77 bits per heavy atom. The molecular weight excluding hydrogens is 392 g/mol. The molecule has 0 spiro atoms. The van der Waals surface area contributed by atoms with Gasteiger partial charge in [-0.25, -0.2) is 0 Å². The molecule has 1 atom stereocenters. The summed E-state index contributed by atoms with van der Waals surface area (Å²) >= 11 is 0. The molecule has 1 fully saturated rings. The van der Waals surface area contributed by atoms with E-state index in [2.05, 4.69) is 27.4 Å². The van der Waals surface area contributed by atoms with Gasteiger partial charge in [0.1, 0.15) is 11.4 Å². The maximum atomic E-state index is 11.1. The summed E-state index contributed by atoms with van der Waals surface area (Å²) in [5, 5.41) is 33.7. The predicted octanol–water partition coefficient (Wildman–Crippen LogP) is 3.33. The molecular formula is C24H24N4O3.